The van der Waals surface area contributed by atoms with E-state index in [9.17, 15) is 18.0 Å². The van der Waals surface area contributed by atoms with Crippen molar-refractivity contribution in [3.8, 4) is 0 Å². The van der Waals surface area contributed by atoms with Crippen molar-refractivity contribution in [2.45, 2.75) is 51.6 Å². The number of carbonyl (C=O) groups excluding carboxylic acids is 1. The average molecular weight is 343 g/mol. The Bertz CT molecular complexity index is 620. The molecule has 132 valence electrons. The van der Waals surface area contributed by atoms with E-state index in [2.05, 4.69) is 0 Å². The number of nitrogens with zero attached hydrogens (tertiary/aromatic N) is 1. The number of rotatable bonds is 2. The fourth-order valence-electron chi connectivity index (χ4n) is 2.46. The summed E-state index contributed by atoms with van der Waals surface area (Å²) in [5.74, 6) is -0.844. The minimum atomic E-state index is -4.60. The monoisotopic (exact) mass is 343 g/mol. The number of benzene rings is 1. The van der Waals surface area contributed by atoms with Gasteiger partial charge in [0.2, 0.25) is 6.10 Å². The van der Waals surface area contributed by atoms with Gasteiger partial charge in [-0.25, -0.2) is 9.86 Å². The summed E-state index contributed by atoms with van der Waals surface area (Å²) in [6.07, 6.45) is -4.77. The van der Waals surface area contributed by atoms with Crippen molar-refractivity contribution >= 4 is 11.7 Å². The molecule has 2 atom stereocenters. The lowest BCUT2D eigenvalue weighted by Crippen LogP contribution is -2.41. The van der Waals surface area contributed by atoms with Gasteiger partial charge in [0.1, 0.15) is 5.60 Å². The topological polar surface area (TPSA) is 38.8 Å². The molecule has 4 nitrogen and oxygen atoms in total. The number of hydrogen-bond acceptors (Lipinski definition) is 4. The molecule has 1 aromatic rings. The molecule has 1 fully saturated rings. The highest BCUT2D eigenvalue weighted by Gasteiger charge is 2.56. The second-order valence-corrected chi connectivity index (χ2v) is 6.41. The molecule has 1 heterocycles. The largest absolute Gasteiger partial charge is 0.458 e. The highest BCUT2D eigenvalue weighted by Crippen LogP contribution is 2.41. The second kappa shape index (κ2) is 6.47. The Morgan fingerprint density at radius 2 is 1.79 bits per heavy atom. The van der Waals surface area contributed by atoms with Crippen LogP contribution < -0.4 is 5.06 Å². The zero-order valence-electron chi connectivity index (χ0n) is 13.9. The molecular weight excluding hydrogens is 323 g/mol. The van der Waals surface area contributed by atoms with Crippen LogP contribution in [0, 0.1) is 0 Å². The molecule has 1 aromatic carbocycles. The summed E-state index contributed by atoms with van der Waals surface area (Å²) < 4.78 is 46.0. The van der Waals surface area contributed by atoms with Crippen LogP contribution in [-0.2, 0) is 14.4 Å². The standard InChI is InChI=1S/C17H20F3NO3/c1-5-12-13(15(22)23-16(2,3)4)24-21(14(12)17(18,19)20)11-9-7-6-8-10-11/h5-10,13-14H,1-4H3/b12-5+/t13-,14-/m1/s1. The maximum absolute atomic E-state index is 13.6. The van der Waals surface area contributed by atoms with Crippen LogP contribution in [0.25, 0.3) is 0 Å². The molecule has 1 aliphatic heterocycles. The van der Waals surface area contributed by atoms with Gasteiger partial charge in [-0.2, -0.15) is 13.2 Å². The lowest BCUT2D eigenvalue weighted by Gasteiger charge is -2.26. The Balaban J connectivity index is 2.41. The first-order valence-electron chi connectivity index (χ1n) is 7.51. The van der Waals surface area contributed by atoms with Gasteiger partial charge in [-0.15, -0.1) is 0 Å². The van der Waals surface area contributed by atoms with E-state index in [1.54, 1.807) is 39.0 Å². The molecule has 1 aliphatic rings. The Morgan fingerprint density at radius 1 is 1.21 bits per heavy atom. The number of ether oxygens (including phenoxy) is 1. The van der Waals surface area contributed by atoms with Gasteiger partial charge in [0.25, 0.3) is 0 Å². The summed E-state index contributed by atoms with van der Waals surface area (Å²) in [5.41, 5.74) is -0.793. The van der Waals surface area contributed by atoms with E-state index >= 15 is 0 Å². The minimum Gasteiger partial charge on any atom is -0.458 e. The molecule has 0 saturated carbocycles. The maximum Gasteiger partial charge on any atom is 0.415 e. The molecule has 0 aromatic heterocycles. The Morgan fingerprint density at radius 3 is 2.25 bits per heavy atom. The maximum atomic E-state index is 13.6. The van der Waals surface area contributed by atoms with E-state index in [4.69, 9.17) is 9.57 Å². The first kappa shape index (κ1) is 18.3. The molecule has 0 bridgehead atoms. The molecule has 0 unspecified atom stereocenters. The fourth-order valence-corrected chi connectivity index (χ4v) is 2.46. The molecule has 0 N–H and O–H groups in total. The van der Waals surface area contributed by atoms with Gasteiger partial charge in [0, 0.05) is 5.57 Å². The zero-order chi connectivity index (χ0) is 18.1. The lowest BCUT2D eigenvalue weighted by molar-refractivity contribution is -0.166. The molecule has 7 heteroatoms. The van der Waals surface area contributed by atoms with Gasteiger partial charge in [-0.1, -0.05) is 24.3 Å². The summed E-state index contributed by atoms with van der Waals surface area (Å²) in [5, 5.41) is 0.726. The van der Waals surface area contributed by atoms with E-state index in [-0.39, 0.29) is 11.3 Å². The molecule has 2 rings (SSSR count). The Labute approximate surface area is 138 Å². The van der Waals surface area contributed by atoms with Crippen LogP contribution >= 0.6 is 0 Å². The van der Waals surface area contributed by atoms with Crippen molar-refractivity contribution in [3.05, 3.63) is 42.0 Å². The minimum absolute atomic E-state index is 0.180. The van der Waals surface area contributed by atoms with Crippen LogP contribution in [0.5, 0.6) is 0 Å². The molecule has 0 amide bonds. The van der Waals surface area contributed by atoms with Crippen molar-refractivity contribution in [1.82, 2.24) is 0 Å². The fraction of sp³-hybridized carbons (Fsp3) is 0.471. The molecule has 1 saturated heterocycles. The summed E-state index contributed by atoms with van der Waals surface area (Å²) >= 11 is 0. The van der Waals surface area contributed by atoms with Crippen molar-refractivity contribution in [3.63, 3.8) is 0 Å². The van der Waals surface area contributed by atoms with Gasteiger partial charge >= 0.3 is 12.1 Å². The number of para-hydroxylation sites is 1. The average Bonchev–Trinajstić information content (AvgIpc) is 2.86. The number of hydrogen-bond donors (Lipinski definition) is 0. The van der Waals surface area contributed by atoms with Crippen LogP contribution in [0.1, 0.15) is 27.7 Å². The van der Waals surface area contributed by atoms with Gasteiger partial charge < -0.3 is 4.74 Å². The number of carbonyl (C=O) groups is 1. The molecular formula is C17H20F3NO3. The third kappa shape index (κ3) is 3.90. The number of anilines is 1. The van der Waals surface area contributed by atoms with E-state index in [0.717, 1.165) is 5.06 Å². The van der Waals surface area contributed by atoms with E-state index in [0.29, 0.717) is 0 Å². The predicted octanol–water partition coefficient (Wildman–Crippen LogP) is 4.03. The van der Waals surface area contributed by atoms with E-state index < -0.39 is 29.9 Å². The van der Waals surface area contributed by atoms with E-state index in [1.807, 2.05) is 0 Å². The number of esters is 1. The Kier molecular flexibility index (Phi) is 4.94. The van der Waals surface area contributed by atoms with Crippen molar-refractivity contribution in [2.75, 3.05) is 5.06 Å². The van der Waals surface area contributed by atoms with Crippen LogP contribution in [0.2, 0.25) is 0 Å². The van der Waals surface area contributed by atoms with Crippen LogP contribution in [-0.4, -0.2) is 29.9 Å². The first-order chi connectivity index (χ1) is 11.0. The number of alkyl halides is 3. The van der Waals surface area contributed by atoms with Gasteiger partial charge in [0.05, 0.1) is 5.69 Å². The third-order valence-electron chi connectivity index (χ3n) is 3.35. The molecule has 0 aliphatic carbocycles. The highest BCUT2D eigenvalue weighted by molar-refractivity contribution is 5.81. The van der Waals surface area contributed by atoms with Crippen molar-refractivity contribution in [1.29, 1.82) is 0 Å². The summed E-state index contributed by atoms with van der Waals surface area (Å²) in [6.45, 7) is 6.38. The molecule has 0 spiro atoms. The summed E-state index contributed by atoms with van der Waals surface area (Å²) in [7, 11) is 0. The summed E-state index contributed by atoms with van der Waals surface area (Å²) in [6, 6.07) is 5.82. The van der Waals surface area contributed by atoms with Crippen LogP contribution in [0.15, 0.2) is 42.0 Å². The zero-order valence-corrected chi connectivity index (χ0v) is 13.9. The predicted molar refractivity (Wildman–Crippen MR) is 83.2 cm³/mol. The van der Waals surface area contributed by atoms with Gasteiger partial charge in [0.15, 0.2) is 6.04 Å². The van der Waals surface area contributed by atoms with Gasteiger partial charge in [-0.05, 0) is 39.8 Å². The smallest absolute Gasteiger partial charge is 0.415 e. The molecule has 0 radical (unpaired) electrons. The highest BCUT2D eigenvalue weighted by atomic mass is 19.4. The summed E-state index contributed by atoms with van der Waals surface area (Å²) in [4.78, 5) is 17.7. The third-order valence-corrected chi connectivity index (χ3v) is 3.35. The Hall–Kier alpha value is -2.02. The van der Waals surface area contributed by atoms with Crippen LogP contribution in [0.4, 0.5) is 18.9 Å². The second-order valence-electron chi connectivity index (χ2n) is 6.41. The normalized spacial score (nSPS) is 23.6. The quantitative estimate of drug-likeness (QED) is 0.600. The van der Waals surface area contributed by atoms with Gasteiger partial charge in [-0.3, -0.25) is 4.84 Å². The van der Waals surface area contributed by atoms with Crippen LogP contribution in [0.3, 0.4) is 0 Å². The number of allylic oxidation sites excluding steroid dienone is 1. The number of halogens is 3. The lowest BCUT2D eigenvalue weighted by atomic mass is 10.0. The van der Waals surface area contributed by atoms with Crippen molar-refractivity contribution in [2.24, 2.45) is 0 Å². The SMILES string of the molecule is C/C=C1\[C@H](C(=O)OC(C)(C)C)ON(c2ccccc2)[C@H]1C(F)(F)F. The van der Waals surface area contributed by atoms with Crippen molar-refractivity contribution < 1.29 is 27.5 Å². The molecule has 24 heavy (non-hydrogen) atoms. The number of hydroxylamine groups is 1. The first-order valence-corrected chi connectivity index (χ1v) is 7.51. The van der Waals surface area contributed by atoms with E-state index in [1.165, 1.54) is 25.1 Å².